The van der Waals surface area contributed by atoms with Gasteiger partial charge in [-0.05, 0) is 30.7 Å². The zero-order chi connectivity index (χ0) is 10.8. The molecular formula is C8H7ClN4O2. The molecule has 7 heteroatoms. The maximum absolute atomic E-state index is 11.5. The van der Waals surface area contributed by atoms with Crippen LogP contribution >= 0.6 is 11.6 Å². The first kappa shape index (κ1) is 9.72. The number of hydrogen-bond acceptors (Lipinski definition) is 4. The van der Waals surface area contributed by atoms with Crippen molar-refractivity contribution in [3.63, 3.8) is 0 Å². The van der Waals surface area contributed by atoms with E-state index in [-0.39, 0.29) is 16.9 Å². The predicted molar refractivity (Wildman–Crippen MR) is 52.8 cm³/mol. The molecule has 0 aromatic carbocycles. The highest BCUT2D eigenvalue weighted by atomic mass is 35.5. The number of aryl methyl sites for hydroxylation is 1. The molecule has 2 heterocycles. The van der Waals surface area contributed by atoms with E-state index in [0.717, 1.165) is 0 Å². The van der Waals surface area contributed by atoms with Gasteiger partial charge in [0.1, 0.15) is 5.82 Å². The van der Waals surface area contributed by atoms with Crippen LogP contribution in [0.15, 0.2) is 16.5 Å². The standard InChI is InChI=1S/C8H7ClN4O2/c1-4-10-8(13-12-4)11-7(14)5-2-3-6(9)15-5/h2-3H,1H3,(H2,10,11,12,13,14). The molecule has 0 saturated heterocycles. The Morgan fingerprint density at radius 3 is 2.93 bits per heavy atom. The number of carbonyl (C=O) groups excluding carboxylic acids is 1. The van der Waals surface area contributed by atoms with E-state index in [1.807, 2.05) is 0 Å². The van der Waals surface area contributed by atoms with Crippen LogP contribution in [0, 0.1) is 6.92 Å². The summed E-state index contributed by atoms with van der Waals surface area (Å²) in [5, 5.41) is 8.95. The van der Waals surface area contributed by atoms with Gasteiger partial charge >= 0.3 is 0 Å². The maximum atomic E-state index is 11.5. The number of aromatic nitrogens is 3. The van der Waals surface area contributed by atoms with Crippen LogP contribution in [-0.4, -0.2) is 21.1 Å². The van der Waals surface area contributed by atoms with Gasteiger partial charge in [-0.2, -0.15) is 4.98 Å². The molecule has 0 fully saturated rings. The summed E-state index contributed by atoms with van der Waals surface area (Å²) in [4.78, 5) is 15.4. The zero-order valence-corrected chi connectivity index (χ0v) is 8.50. The Morgan fingerprint density at radius 1 is 1.60 bits per heavy atom. The molecular weight excluding hydrogens is 220 g/mol. The Morgan fingerprint density at radius 2 is 2.40 bits per heavy atom. The van der Waals surface area contributed by atoms with Gasteiger partial charge in [-0.25, -0.2) is 0 Å². The van der Waals surface area contributed by atoms with Crippen molar-refractivity contribution >= 4 is 23.5 Å². The van der Waals surface area contributed by atoms with E-state index in [2.05, 4.69) is 20.5 Å². The number of amides is 1. The minimum Gasteiger partial charge on any atom is -0.440 e. The van der Waals surface area contributed by atoms with Crippen molar-refractivity contribution in [2.45, 2.75) is 6.92 Å². The van der Waals surface area contributed by atoms with E-state index in [4.69, 9.17) is 16.0 Å². The van der Waals surface area contributed by atoms with Crippen LogP contribution in [0.25, 0.3) is 0 Å². The first-order valence-corrected chi connectivity index (χ1v) is 4.48. The second-order valence-corrected chi connectivity index (χ2v) is 3.17. The lowest BCUT2D eigenvalue weighted by Gasteiger charge is -1.95. The SMILES string of the molecule is Cc1nc(NC(=O)c2ccc(Cl)o2)n[nH]1. The highest BCUT2D eigenvalue weighted by molar-refractivity contribution is 6.29. The summed E-state index contributed by atoms with van der Waals surface area (Å²) in [6, 6.07) is 2.96. The molecule has 0 aliphatic heterocycles. The monoisotopic (exact) mass is 226 g/mol. The highest BCUT2D eigenvalue weighted by Gasteiger charge is 2.12. The number of nitrogens with zero attached hydrogens (tertiary/aromatic N) is 2. The molecule has 2 aromatic rings. The van der Waals surface area contributed by atoms with Crippen LogP contribution in [0.2, 0.25) is 5.22 Å². The molecule has 6 nitrogen and oxygen atoms in total. The smallest absolute Gasteiger partial charge is 0.293 e. The average molecular weight is 227 g/mol. The van der Waals surface area contributed by atoms with Gasteiger partial charge in [0, 0.05) is 0 Å². The summed E-state index contributed by atoms with van der Waals surface area (Å²) in [6.45, 7) is 1.73. The molecule has 0 unspecified atom stereocenters. The van der Waals surface area contributed by atoms with E-state index < -0.39 is 5.91 Å². The normalized spacial score (nSPS) is 10.3. The lowest BCUT2D eigenvalue weighted by molar-refractivity contribution is 0.0996. The van der Waals surface area contributed by atoms with E-state index >= 15 is 0 Å². The minimum absolute atomic E-state index is 0.113. The minimum atomic E-state index is -0.444. The molecule has 0 atom stereocenters. The molecule has 78 valence electrons. The number of nitrogens with one attached hydrogen (secondary N) is 2. The van der Waals surface area contributed by atoms with E-state index in [1.165, 1.54) is 12.1 Å². The molecule has 0 aliphatic rings. The van der Waals surface area contributed by atoms with E-state index in [1.54, 1.807) is 6.92 Å². The van der Waals surface area contributed by atoms with Crippen LogP contribution in [0.5, 0.6) is 0 Å². The van der Waals surface area contributed by atoms with Gasteiger partial charge in [-0.3, -0.25) is 15.2 Å². The summed E-state index contributed by atoms with van der Waals surface area (Å²) in [5.41, 5.74) is 0. The molecule has 2 aromatic heterocycles. The van der Waals surface area contributed by atoms with Crippen molar-refractivity contribution in [1.82, 2.24) is 15.2 Å². The molecule has 1 amide bonds. The molecule has 2 rings (SSSR count). The highest BCUT2D eigenvalue weighted by Crippen LogP contribution is 2.13. The van der Waals surface area contributed by atoms with Crippen molar-refractivity contribution in [2.75, 3.05) is 5.32 Å². The summed E-state index contributed by atoms with van der Waals surface area (Å²) in [6.07, 6.45) is 0. The number of H-pyrrole nitrogens is 1. The second kappa shape index (κ2) is 3.74. The number of rotatable bonds is 2. The first-order valence-electron chi connectivity index (χ1n) is 4.11. The number of halogens is 1. The predicted octanol–water partition coefficient (Wildman–Crippen LogP) is 1.61. The number of hydrogen-bond donors (Lipinski definition) is 2. The first-order chi connectivity index (χ1) is 7.15. The molecule has 0 bridgehead atoms. The molecule has 2 N–H and O–H groups in total. The molecule has 0 radical (unpaired) electrons. The van der Waals surface area contributed by atoms with Gasteiger partial charge in [0.2, 0.25) is 5.95 Å². The van der Waals surface area contributed by atoms with Crippen molar-refractivity contribution in [3.8, 4) is 0 Å². The average Bonchev–Trinajstić information content (AvgIpc) is 2.75. The molecule has 0 spiro atoms. The van der Waals surface area contributed by atoms with Crippen molar-refractivity contribution in [3.05, 3.63) is 28.9 Å². The largest absolute Gasteiger partial charge is 0.440 e. The van der Waals surface area contributed by atoms with Crippen LogP contribution in [0.3, 0.4) is 0 Å². The number of aromatic amines is 1. The van der Waals surface area contributed by atoms with E-state index in [9.17, 15) is 4.79 Å². The quantitative estimate of drug-likeness (QED) is 0.815. The van der Waals surface area contributed by atoms with E-state index in [0.29, 0.717) is 5.82 Å². The molecule has 0 saturated carbocycles. The van der Waals surface area contributed by atoms with Gasteiger partial charge in [-0.1, -0.05) is 0 Å². The van der Waals surface area contributed by atoms with Crippen molar-refractivity contribution < 1.29 is 9.21 Å². The van der Waals surface area contributed by atoms with Gasteiger partial charge in [0.15, 0.2) is 11.0 Å². The Balaban J connectivity index is 2.10. The fourth-order valence-corrected chi connectivity index (χ4v) is 1.14. The third-order valence-corrected chi connectivity index (χ3v) is 1.82. The summed E-state index contributed by atoms with van der Waals surface area (Å²) < 4.78 is 4.91. The Labute approximate surface area is 89.6 Å². The van der Waals surface area contributed by atoms with Gasteiger partial charge in [-0.15, -0.1) is 5.10 Å². The van der Waals surface area contributed by atoms with Gasteiger partial charge < -0.3 is 4.42 Å². The second-order valence-electron chi connectivity index (χ2n) is 2.80. The Bertz CT molecular complexity index is 490. The fourth-order valence-electron chi connectivity index (χ4n) is 0.998. The zero-order valence-electron chi connectivity index (χ0n) is 7.74. The fraction of sp³-hybridized carbons (Fsp3) is 0.125. The Hall–Kier alpha value is -1.82. The van der Waals surface area contributed by atoms with Crippen LogP contribution in [-0.2, 0) is 0 Å². The van der Waals surface area contributed by atoms with Gasteiger partial charge in [0.05, 0.1) is 0 Å². The van der Waals surface area contributed by atoms with Crippen LogP contribution in [0.1, 0.15) is 16.4 Å². The third-order valence-electron chi connectivity index (χ3n) is 1.62. The number of carbonyl (C=O) groups is 1. The number of anilines is 1. The third kappa shape index (κ3) is 2.16. The van der Waals surface area contributed by atoms with Crippen molar-refractivity contribution in [1.29, 1.82) is 0 Å². The lowest BCUT2D eigenvalue weighted by atomic mass is 10.4. The van der Waals surface area contributed by atoms with Crippen molar-refractivity contribution in [2.24, 2.45) is 0 Å². The maximum Gasteiger partial charge on any atom is 0.293 e. The summed E-state index contributed by atoms with van der Waals surface area (Å²) in [5.74, 6) is 0.483. The lowest BCUT2D eigenvalue weighted by Crippen LogP contribution is -2.11. The summed E-state index contributed by atoms with van der Waals surface area (Å²) in [7, 11) is 0. The molecule has 0 aliphatic carbocycles. The molecule has 15 heavy (non-hydrogen) atoms. The Kier molecular flexibility index (Phi) is 2.42. The number of furan rings is 1. The van der Waals surface area contributed by atoms with Gasteiger partial charge in [0.25, 0.3) is 5.91 Å². The topological polar surface area (TPSA) is 83.8 Å². The summed E-state index contributed by atoms with van der Waals surface area (Å²) >= 11 is 5.53. The van der Waals surface area contributed by atoms with Crippen LogP contribution < -0.4 is 5.32 Å². The van der Waals surface area contributed by atoms with Crippen LogP contribution in [0.4, 0.5) is 5.95 Å².